The van der Waals surface area contributed by atoms with E-state index in [1.807, 2.05) is 13.8 Å². The summed E-state index contributed by atoms with van der Waals surface area (Å²) in [6, 6.07) is 3.29. The normalized spacial score (nSPS) is 14.9. The summed E-state index contributed by atoms with van der Waals surface area (Å²) in [5, 5.41) is 10.1. The van der Waals surface area contributed by atoms with Crippen LogP contribution in [0.2, 0.25) is 5.02 Å². The van der Waals surface area contributed by atoms with Crippen molar-refractivity contribution in [3.8, 4) is 5.75 Å². The van der Waals surface area contributed by atoms with Gasteiger partial charge in [-0.2, -0.15) is 0 Å². The van der Waals surface area contributed by atoms with Gasteiger partial charge in [0.25, 0.3) is 5.91 Å². The molecule has 1 fully saturated rings. The van der Waals surface area contributed by atoms with Crippen LogP contribution in [0.3, 0.4) is 0 Å². The Balaban J connectivity index is 2.37. The standard InChI is InChI=1S/C13H16ClNO2/c1-8(2)10-6-9(7-11(14)12(10)16)13(17)15-4-3-5-15/h6-8,16H,3-5H2,1-2H3. The maximum Gasteiger partial charge on any atom is 0.253 e. The van der Waals surface area contributed by atoms with Gasteiger partial charge in [0.15, 0.2) is 0 Å². The molecule has 0 unspecified atom stereocenters. The van der Waals surface area contributed by atoms with Crippen LogP contribution in [0, 0.1) is 0 Å². The quantitative estimate of drug-likeness (QED) is 0.880. The number of carbonyl (C=O) groups excluding carboxylic acids is 1. The predicted octanol–water partition coefficient (Wildman–Crippen LogP) is 3.01. The number of aromatic hydroxyl groups is 1. The van der Waals surface area contributed by atoms with Gasteiger partial charge in [0.05, 0.1) is 5.02 Å². The molecule has 1 N–H and O–H groups in total. The Morgan fingerprint density at radius 3 is 2.53 bits per heavy atom. The zero-order valence-corrected chi connectivity index (χ0v) is 10.8. The number of hydrogen-bond acceptors (Lipinski definition) is 2. The van der Waals surface area contributed by atoms with E-state index in [4.69, 9.17) is 11.6 Å². The molecule has 1 amide bonds. The summed E-state index contributed by atoms with van der Waals surface area (Å²) in [5.74, 6) is 0.221. The van der Waals surface area contributed by atoms with Gasteiger partial charge in [-0.3, -0.25) is 4.79 Å². The lowest BCUT2D eigenvalue weighted by molar-refractivity contribution is 0.0651. The molecular formula is C13H16ClNO2. The molecule has 0 saturated carbocycles. The number of halogens is 1. The SMILES string of the molecule is CC(C)c1cc(C(=O)N2CCC2)cc(Cl)c1O. The molecule has 17 heavy (non-hydrogen) atoms. The lowest BCUT2D eigenvalue weighted by Gasteiger charge is -2.31. The fourth-order valence-electron chi connectivity index (χ4n) is 1.89. The number of amides is 1. The van der Waals surface area contributed by atoms with E-state index in [0.29, 0.717) is 5.56 Å². The smallest absolute Gasteiger partial charge is 0.253 e. The van der Waals surface area contributed by atoms with E-state index < -0.39 is 0 Å². The van der Waals surface area contributed by atoms with Crippen molar-refractivity contribution in [2.45, 2.75) is 26.2 Å². The van der Waals surface area contributed by atoms with E-state index >= 15 is 0 Å². The average molecular weight is 254 g/mol. The van der Waals surface area contributed by atoms with Gasteiger partial charge in [-0.25, -0.2) is 0 Å². The summed E-state index contributed by atoms with van der Waals surface area (Å²) in [6.45, 7) is 5.55. The van der Waals surface area contributed by atoms with Crippen molar-refractivity contribution in [1.82, 2.24) is 4.90 Å². The molecule has 1 aliphatic rings. The predicted molar refractivity (Wildman–Crippen MR) is 67.7 cm³/mol. The van der Waals surface area contributed by atoms with Crippen LogP contribution in [0.1, 0.15) is 42.1 Å². The molecule has 1 aromatic rings. The van der Waals surface area contributed by atoms with Crippen LogP contribution in [0.15, 0.2) is 12.1 Å². The van der Waals surface area contributed by atoms with Crippen LogP contribution >= 0.6 is 11.6 Å². The van der Waals surface area contributed by atoms with Crippen molar-refractivity contribution in [3.63, 3.8) is 0 Å². The van der Waals surface area contributed by atoms with Crippen molar-refractivity contribution >= 4 is 17.5 Å². The minimum Gasteiger partial charge on any atom is -0.506 e. The topological polar surface area (TPSA) is 40.5 Å². The Labute approximate surface area is 106 Å². The van der Waals surface area contributed by atoms with Crippen LogP contribution in [-0.2, 0) is 0 Å². The monoisotopic (exact) mass is 253 g/mol. The number of phenolic OH excluding ortho intramolecular Hbond substituents is 1. The Hall–Kier alpha value is -1.22. The minimum atomic E-state index is 0.0000463. The van der Waals surface area contributed by atoms with Crippen LogP contribution in [-0.4, -0.2) is 29.0 Å². The first-order valence-corrected chi connectivity index (χ1v) is 6.20. The first-order chi connectivity index (χ1) is 8.00. The number of phenols is 1. The Morgan fingerprint density at radius 2 is 2.06 bits per heavy atom. The van der Waals surface area contributed by atoms with Crippen LogP contribution in [0.25, 0.3) is 0 Å². The largest absolute Gasteiger partial charge is 0.506 e. The van der Waals surface area contributed by atoms with Gasteiger partial charge in [0.2, 0.25) is 0 Å². The Morgan fingerprint density at radius 1 is 1.41 bits per heavy atom. The number of nitrogens with zero attached hydrogens (tertiary/aromatic N) is 1. The van der Waals surface area contributed by atoms with Crippen molar-refractivity contribution < 1.29 is 9.90 Å². The van der Waals surface area contributed by atoms with Gasteiger partial charge in [-0.05, 0) is 30.0 Å². The zero-order valence-electron chi connectivity index (χ0n) is 10.0. The molecule has 0 radical (unpaired) electrons. The maximum atomic E-state index is 12.1. The van der Waals surface area contributed by atoms with Crippen LogP contribution < -0.4 is 0 Å². The van der Waals surface area contributed by atoms with Crippen molar-refractivity contribution in [3.05, 3.63) is 28.3 Å². The first kappa shape index (κ1) is 12.2. The molecule has 92 valence electrons. The summed E-state index contributed by atoms with van der Waals surface area (Å²) in [6.07, 6.45) is 1.06. The highest BCUT2D eigenvalue weighted by atomic mass is 35.5. The fraction of sp³-hybridized carbons (Fsp3) is 0.462. The lowest BCUT2D eigenvalue weighted by atomic mass is 9.98. The third-order valence-electron chi connectivity index (χ3n) is 3.11. The molecular weight excluding hydrogens is 238 g/mol. The number of carbonyl (C=O) groups is 1. The van der Waals surface area contributed by atoms with Gasteiger partial charge < -0.3 is 10.0 Å². The molecule has 1 aliphatic heterocycles. The molecule has 0 bridgehead atoms. The van der Waals surface area contributed by atoms with Crippen molar-refractivity contribution in [1.29, 1.82) is 0 Å². The second kappa shape index (κ2) is 4.57. The van der Waals surface area contributed by atoms with E-state index in [1.54, 1.807) is 17.0 Å². The molecule has 0 aliphatic carbocycles. The zero-order chi connectivity index (χ0) is 12.6. The van der Waals surface area contributed by atoms with E-state index in [1.165, 1.54) is 0 Å². The molecule has 2 rings (SSSR count). The van der Waals surface area contributed by atoms with Gasteiger partial charge in [-0.1, -0.05) is 25.4 Å². The summed E-state index contributed by atoms with van der Waals surface area (Å²) < 4.78 is 0. The highest BCUT2D eigenvalue weighted by molar-refractivity contribution is 6.32. The highest BCUT2D eigenvalue weighted by Gasteiger charge is 2.23. The van der Waals surface area contributed by atoms with Crippen LogP contribution in [0.5, 0.6) is 5.75 Å². The lowest BCUT2D eigenvalue weighted by Crippen LogP contribution is -2.42. The second-order valence-electron chi connectivity index (χ2n) is 4.70. The van der Waals surface area contributed by atoms with Gasteiger partial charge >= 0.3 is 0 Å². The number of likely N-dealkylation sites (tertiary alicyclic amines) is 1. The van der Waals surface area contributed by atoms with E-state index in [9.17, 15) is 9.90 Å². The van der Waals surface area contributed by atoms with E-state index in [-0.39, 0.29) is 22.6 Å². The number of hydrogen-bond donors (Lipinski definition) is 1. The molecule has 0 spiro atoms. The fourth-order valence-corrected chi connectivity index (χ4v) is 2.11. The molecule has 3 nitrogen and oxygen atoms in total. The van der Waals surface area contributed by atoms with E-state index in [2.05, 4.69) is 0 Å². The second-order valence-corrected chi connectivity index (χ2v) is 5.10. The molecule has 0 atom stereocenters. The summed E-state index contributed by atoms with van der Waals surface area (Å²) in [5.41, 5.74) is 1.29. The summed E-state index contributed by atoms with van der Waals surface area (Å²) in [4.78, 5) is 13.8. The summed E-state index contributed by atoms with van der Waals surface area (Å²) >= 11 is 5.95. The van der Waals surface area contributed by atoms with Crippen molar-refractivity contribution in [2.24, 2.45) is 0 Å². The minimum absolute atomic E-state index is 0.0000463. The summed E-state index contributed by atoms with van der Waals surface area (Å²) in [7, 11) is 0. The number of benzene rings is 1. The maximum absolute atomic E-state index is 12.1. The van der Waals surface area contributed by atoms with Gasteiger partial charge in [0.1, 0.15) is 5.75 Å². The Bertz CT molecular complexity index is 453. The molecule has 1 saturated heterocycles. The molecule has 0 aromatic heterocycles. The molecule has 4 heteroatoms. The number of rotatable bonds is 2. The van der Waals surface area contributed by atoms with Crippen LogP contribution in [0.4, 0.5) is 0 Å². The van der Waals surface area contributed by atoms with Gasteiger partial charge in [0, 0.05) is 18.7 Å². The van der Waals surface area contributed by atoms with E-state index in [0.717, 1.165) is 25.1 Å². The van der Waals surface area contributed by atoms with Gasteiger partial charge in [-0.15, -0.1) is 0 Å². The molecule has 1 heterocycles. The molecule has 1 aromatic carbocycles. The average Bonchev–Trinajstić information content (AvgIpc) is 2.18. The highest BCUT2D eigenvalue weighted by Crippen LogP contribution is 2.34. The third kappa shape index (κ3) is 2.25. The van der Waals surface area contributed by atoms with Crippen molar-refractivity contribution in [2.75, 3.05) is 13.1 Å². The Kier molecular flexibility index (Phi) is 3.29. The first-order valence-electron chi connectivity index (χ1n) is 5.82. The third-order valence-corrected chi connectivity index (χ3v) is 3.39.